The number of aliphatic carboxylic acids is 1. The van der Waals surface area contributed by atoms with Crippen LogP contribution in [0.4, 0.5) is 13.6 Å². The molecular formula is C17H22F2N2O5. The summed E-state index contributed by atoms with van der Waals surface area (Å²) in [5, 5.41) is 14.3. The van der Waals surface area contributed by atoms with Crippen LogP contribution in [-0.4, -0.2) is 36.9 Å². The highest BCUT2D eigenvalue weighted by atomic mass is 19.3. The van der Waals surface area contributed by atoms with Crippen molar-refractivity contribution in [3.05, 3.63) is 23.8 Å². The number of rotatable bonds is 7. The molecule has 0 aliphatic heterocycles. The highest BCUT2D eigenvalue weighted by molar-refractivity contribution is 5.74. The van der Waals surface area contributed by atoms with Gasteiger partial charge in [-0.25, -0.2) is 4.79 Å². The van der Waals surface area contributed by atoms with E-state index in [9.17, 15) is 18.4 Å². The maximum atomic E-state index is 12.5. The number of carboxylic acids is 1. The van der Waals surface area contributed by atoms with Crippen molar-refractivity contribution in [2.75, 3.05) is 7.11 Å². The molecule has 0 radical (unpaired) electrons. The summed E-state index contributed by atoms with van der Waals surface area (Å²) in [6, 6.07) is 3.80. The van der Waals surface area contributed by atoms with Gasteiger partial charge >= 0.3 is 18.6 Å². The predicted octanol–water partition coefficient (Wildman–Crippen LogP) is 2.74. The van der Waals surface area contributed by atoms with Gasteiger partial charge < -0.3 is 25.2 Å². The van der Waals surface area contributed by atoms with Crippen LogP contribution < -0.4 is 20.1 Å². The summed E-state index contributed by atoms with van der Waals surface area (Å²) in [5.74, 6) is -0.752. The lowest BCUT2D eigenvalue weighted by Crippen LogP contribution is -2.43. The lowest BCUT2D eigenvalue weighted by atomic mass is 9.86. The second kappa shape index (κ2) is 9.21. The zero-order chi connectivity index (χ0) is 19.1. The first-order valence-corrected chi connectivity index (χ1v) is 8.28. The van der Waals surface area contributed by atoms with Gasteiger partial charge in [0, 0.05) is 18.2 Å². The van der Waals surface area contributed by atoms with E-state index in [0.717, 1.165) is 0 Å². The molecule has 0 atom stereocenters. The second-order valence-electron chi connectivity index (χ2n) is 6.07. The van der Waals surface area contributed by atoms with Crippen molar-refractivity contribution in [2.24, 2.45) is 5.92 Å². The number of halogens is 2. The van der Waals surface area contributed by atoms with Gasteiger partial charge in [-0.3, -0.25) is 4.79 Å². The first kappa shape index (κ1) is 19.7. The molecule has 1 fully saturated rings. The van der Waals surface area contributed by atoms with Crippen LogP contribution in [0.3, 0.4) is 0 Å². The summed E-state index contributed by atoms with van der Waals surface area (Å²) in [6.45, 7) is -2.99. The van der Waals surface area contributed by atoms with Crippen LogP contribution in [0.5, 0.6) is 11.5 Å². The van der Waals surface area contributed by atoms with Crippen LogP contribution in [0.25, 0.3) is 0 Å². The molecule has 0 unspecified atom stereocenters. The molecule has 1 saturated carbocycles. The van der Waals surface area contributed by atoms with Gasteiger partial charge in [0.1, 0.15) is 11.5 Å². The number of carboxylic acid groups (broad SMARTS) is 1. The Morgan fingerprint density at radius 1 is 1.27 bits per heavy atom. The number of nitrogens with one attached hydrogen (secondary N) is 2. The number of carbonyl (C=O) groups excluding carboxylic acids is 1. The SMILES string of the molecule is COc1ccc(OC(F)F)c(CNC(=O)NC2CCC(C(=O)O)CC2)c1. The molecule has 2 amide bonds. The first-order valence-electron chi connectivity index (χ1n) is 8.28. The van der Waals surface area contributed by atoms with Crippen molar-refractivity contribution in [1.82, 2.24) is 10.6 Å². The van der Waals surface area contributed by atoms with Crippen LogP contribution in [-0.2, 0) is 11.3 Å². The Labute approximate surface area is 149 Å². The van der Waals surface area contributed by atoms with Gasteiger partial charge in [-0.15, -0.1) is 0 Å². The molecule has 144 valence electrons. The van der Waals surface area contributed by atoms with Gasteiger partial charge in [-0.2, -0.15) is 8.78 Å². The van der Waals surface area contributed by atoms with E-state index >= 15 is 0 Å². The quantitative estimate of drug-likeness (QED) is 0.684. The standard InChI is InChI=1S/C17H22F2N2O5/c1-25-13-6-7-14(26-16(18)19)11(8-13)9-20-17(24)21-12-4-2-10(3-5-12)15(22)23/h6-8,10,12,16H,2-5,9H2,1H3,(H,22,23)(H2,20,21,24). The lowest BCUT2D eigenvalue weighted by molar-refractivity contribution is -0.142. The van der Waals surface area contributed by atoms with Crippen molar-refractivity contribution in [2.45, 2.75) is 44.9 Å². The van der Waals surface area contributed by atoms with Crippen molar-refractivity contribution in [3.63, 3.8) is 0 Å². The molecule has 0 spiro atoms. The molecule has 0 heterocycles. The summed E-state index contributed by atoms with van der Waals surface area (Å²) < 4.78 is 34.5. The van der Waals surface area contributed by atoms with E-state index in [1.54, 1.807) is 0 Å². The van der Waals surface area contributed by atoms with Gasteiger partial charge in [0.25, 0.3) is 0 Å². The van der Waals surface area contributed by atoms with E-state index in [4.69, 9.17) is 9.84 Å². The summed E-state index contributed by atoms with van der Waals surface area (Å²) in [6.07, 6.45) is 2.21. The van der Waals surface area contributed by atoms with Gasteiger partial charge in [0.15, 0.2) is 0 Å². The number of hydrogen-bond acceptors (Lipinski definition) is 4. The van der Waals surface area contributed by atoms with Crippen molar-refractivity contribution >= 4 is 12.0 Å². The number of methoxy groups -OCH3 is 1. The van der Waals surface area contributed by atoms with Gasteiger partial charge in [-0.1, -0.05) is 0 Å². The zero-order valence-electron chi connectivity index (χ0n) is 14.3. The molecule has 0 saturated heterocycles. The molecule has 1 aliphatic carbocycles. The second-order valence-corrected chi connectivity index (χ2v) is 6.07. The molecule has 1 aromatic rings. The van der Waals surface area contributed by atoms with E-state index in [-0.39, 0.29) is 24.3 Å². The third-order valence-electron chi connectivity index (χ3n) is 4.33. The number of carbonyl (C=O) groups is 2. The van der Waals surface area contributed by atoms with Crippen molar-refractivity contribution in [3.8, 4) is 11.5 Å². The Bertz CT molecular complexity index is 634. The van der Waals surface area contributed by atoms with Crippen LogP contribution in [0, 0.1) is 5.92 Å². The van der Waals surface area contributed by atoms with E-state index in [2.05, 4.69) is 15.4 Å². The topological polar surface area (TPSA) is 96.9 Å². The third-order valence-corrected chi connectivity index (χ3v) is 4.33. The molecule has 1 aliphatic rings. The Morgan fingerprint density at radius 3 is 2.54 bits per heavy atom. The fourth-order valence-corrected chi connectivity index (χ4v) is 2.93. The van der Waals surface area contributed by atoms with Gasteiger partial charge in [0.05, 0.1) is 13.0 Å². The summed E-state index contributed by atoms with van der Waals surface area (Å²) >= 11 is 0. The summed E-state index contributed by atoms with van der Waals surface area (Å²) in [4.78, 5) is 23.0. The maximum absolute atomic E-state index is 12.5. The minimum atomic E-state index is -2.97. The average Bonchev–Trinajstić information content (AvgIpc) is 2.61. The Hall–Kier alpha value is -2.58. The fourth-order valence-electron chi connectivity index (χ4n) is 2.93. The molecule has 0 aromatic heterocycles. The highest BCUT2D eigenvalue weighted by Crippen LogP contribution is 2.26. The predicted molar refractivity (Wildman–Crippen MR) is 88.4 cm³/mol. The van der Waals surface area contributed by atoms with E-state index in [1.165, 1.54) is 25.3 Å². The van der Waals surface area contributed by atoms with Crippen LogP contribution >= 0.6 is 0 Å². The Balaban J connectivity index is 1.87. The van der Waals surface area contributed by atoms with E-state index in [0.29, 0.717) is 37.0 Å². The molecule has 3 N–H and O–H groups in total. The van der Waals surface area contributed by atoms with Gasteiger partial charge in [-0.05, 0) is 43.9 Å². The lowest BCUT2D eigenvalue weighted by Gasteiger charge is -2.26. The number of benzene rings is 1. The molecule has 9 heteroatoms. The van der Waals surface area contributed by atoms with Crippen LogP contribution in [0.15, 0.2) is 18.2 Å². The first-order chi connectivity index (χ1) is 12.4. The smallest absolute Gasteiger partial charge is 0.387 e. The van der Waals surface area contributed by atoms with Gasteiger partial charge in [0.2, 0.25) is 0 Å². The number of hydrogen-bond donors (Lipinski definition) is 3. The monoisotopic (exact) mass is 372 g/mol. The maximum Gasteiger partial charge on any atom is 0.387 e. The van der Waals surface area contributed by atoms with Crippen molar-refractivity contribution < 1.29 is 33.0 Å². The largest absolute Gasteiger partial charge is 0.497 e. The Kier molecular flexibility index (Phi) is 6.99. The van der Waals surface area contributed by atoms with Crippen molar-refractivity contribution in [1.29, 1.82) is 0 Å². The molecule has 0 bridgehead atoms. The Morgan fingerprint density at radius 2 is 1.96 bits per heavy atom. The zero-order valence-corrected chi connectivity index (χ0v) is 14.3. The molecule has 2 rings (SSSR count). The molecular weight excluding hydrogens is 350 g/mol. The summed E-state index contributed by atoms with van der Waals surface area (Å²) in [7, 11) is 1.44. The third kappa shape index (κ3) is 5.75. The van der Waals surface area contributed by atoms with Crippen LogP contribution in [0.2, 0.25) is 0 Å². The average molecular weight is 372 g/mol. The van der Waals surface area contributed by atoms with E-state index < -0.39 is 18.6 Å². The van der Waals surface area contributed by atoms with E-state index in [1.807, 2.05) is 0 Å². The number of ether oxygens (including phenoxy) is 2. The highest BCUT2D eigenvalue weighted by Gasteiger charge is 2.26. The molecule has 1 aromatic carbocycles. The van der Waals surface area contributed by atoms with Crippen LogP contribution in [0.1, 0.15) is 31.2 Å². The minimum absolute atomic E-state index is 0.0183. The number of alkyl halides is 2. The number of amides is 2. The molecule has 7 nitrogen and oxygen atoms in total. The minimum Gasteiger partial charge on any atom is -0.497 e. The molecule has 26 heavy (non-hydrogen) atoms. The normalized spacial score (nSPS) is 19.7. The fraction of sp³-hybridized carbons (Fsp3) is 0.529. The summed E-state index contributed by atoms with van der Waals surface area (Å²) in [5.41, 5.74) is 0.356. The number of urea groups is 1.